The topological polar surface area (TPSA) is 62.3 Å². The number of carbonyl (C=O) groups excluding carboxylic acids is 2. The van der Waals surface area contributed by atoms with Gasteiger partial charge < -0.3 is 10.2 Å². The zero-order chi connectivity index (χ0) is 15.7. The molecule has 0 unspecified atom stereocenters. The van der Waals surface area contributed by atoms with E-state index in [0.717, 1.165) is 5.56 Å². The zero-order valence-electron chi connectivity index (χ0n) is 12.0. The quantitative estimate of drug-likeness (QED) is 0.944. The largest absolute Gasteiger partial charge is 0.324 e. The lowest BCUT2D eigenvalue weighted by molar-refractivity contribution is -0.116. The molecule has 2 amide bonds. The third kappa shape index (κ3) is 2.67. The van der Waals surface area contributed by atoms with Gasteiger partial charge in [0.25, 0.3) is 5.91 Å². The number of nitrogens with zero attached hydrogens (tertiary/aromatic N) is 2. The molecular formula is C16H14FN3O2. The van der Waals surface area contributed by atoms with E-state index in [0.29, 0.717) is 23.5 Å². The Balaban J connectivity index is 1.69. The molecule has 1 N–H and O–H groups in total. The molecule has 0 aliphatic carbocycles. The van der Waals surface area contributed by atoms with Crippen molar-refractivity contribution in [1.29, 1.82) is 0 Å². The molecule has 0 saturated carbocycles. The number of amides is 2. The van der Waals surface area contributed by atoms with Crippen molar-refractivity contribution in [2.75, 3.05) is 11.9 Å². The molecule has 0 atom stereocenters. The fourth-order valence-corrected chi connectivity index (χ4v) is 2.40. The van der Waals surface area contributed by atoms with Gasteiger partial charge in [-0.3, -0.25) is 14.6 Å². The Bertz CT molecular complexity index is 761. The number of hydrogen-bond acceptors (Lipinski definition) is 3. The van der Waals surface area contributed by atoms with Crippen LogP contribution >= 0.6 is 0 Å². The molecule has 1 aromatic heterocycles. The van der Waals surface area contributed by atoms with Gasteiger partial charge in [-0.25, -0.2) is 4.39 Å². The Morgan fingerprint density at radius 2 is 2.23 bits per heavy atom. The molecule has 0 radical (unpaired) electrons. The van der Waals surface area contributed by atoms with E-state index in [9.17, 15) is 14.0 Å². The van der Waals surface area contributed by atoms with Crippen molar-refractivity contribution in [3.05, 3.63) is 59.2 Å². The lowest BCUT2D eigenvalue weighted by Crippen LogP contribution is -2.33. The summed E-state index contributed by atoms with van der Waals surface area (Å²) in [7, 11) is 0. The number of carbonyl (C=O) groups is 2. The van der Waals surface area contributed by atoms with Crippen LogP contribution in [-0.2, 0) is 11.3 Å². The maximum atomic E-state index is 13.2. The minimum absolute atomic E-state index is 0.0921. The highest BCUT2D eigenvalue weighted by atomic mass is 19.1. The highest BCUT2D eigenvalue weighted by Crippen LogP contribution is 2.20. The summed E-state index contributed by atoms with van der Waals surface area (Å²) in [6.45, 7) is 1.99. The van der Waals surface area contributed by atoms with E-state index in [1.165, 1.54) is 17.0 Å². The minimum Gasteiger partial charge on any atom is -0.324 e. The molecule has 0 bridgehead atoms. The molecule has 1 aromatic carbocycles. The van der Waals surface area contributed by atoms with Gasteiger partial charge in [0.1, 0.15) is 12.4 Å². The Morgan fingerprint density at radius 3 is 3.00 bits per heavy atom. The van der Waals surface area contributed by atoms with Gasteiger partial charge in [-0.2, -0.15) is 0 Å². The number of aryl methyl sites for hydroxylation is 1. The van der Waals surface area contributed by atoms with Crippen LogP contribution in [0.1, 0.15) is 21.6 Å². The summed E-state index contributed by atoms with van der Waals surface area (Å²) in [6.07, 6.45) is 1.62. The second-order valence-electron chi connectivity index (χ2n) is 5.17. The maximum Gasteiger partial charge on any atom is 0.256 e. The fourth-order valence-electron chi connectivity index (χ4n) is 2.40. The summed E-state index contributed by atoms with van der Waals surface area (Å²) < 4.78 is 13.2. The molecule has 2 aromatic rings. The van der Waals surface area contributed by atoms with E-state index in [2.05, 4.69) is 10.3 Å². The van der Waals surface area contributed by atoms with Crippen LogP contribution < -0.4 is 5.32 Å². The first-order valence-electron chi connectivity index (χ1n) is 6.84. The van der Waals surface area contributed by atoms with E-state index in [4.69, 9.17) is 0 Å². The summed E-state index contributed by atoms with van der Waals surface area (Å²) >= 11 is 0. The van der Waals surface area contributed by atoms with Gasteiger partial charge in [-0.15, -0.1) is 0 Å². The first-order chi connectivity index (χ1) is 10.5. The SMILES string of the molecule is Cc1ccc(F)cc1NC(=O)CN1Cc2ncccc2C1=O. The molecule has 1 aliphatic rings. The van der Waals surface area contributed by atoms with Gasteiger partial charge >= 0.3 is 0 Å². The van der Waals surface area contributed by atoms with E-state index in [1.807, 2.05) is 0 Å². The Morgan fingerprint density at radius 1 is 1.41 bits per heavy atom. The van der Waals surface area contributed by atoms with Crippen LogP contribution in [0.4, 0.5) is 10.1 Å². The van der Waals surface area contributed by atoms with Crippen LogP contribution in [0.5, 0.6) is 0 Å². The normalized spacial score (nSPS) is 13.2. The number of rotatable bonds is 3. The molecule has 0 saturated heterocycles. The van der Waals surface area contributed by atoms with E-state index in [1.54, 1.807) is 31.3 Å². The smallest absolute Gasteiger partial charge is 0.256 e. The van der Waals surface area contributed by atoms with Crippen LogP contribution in [-0.4, -0.2) is 28.2 Å². The van der Waals surface area contributed by atoms with E-state index >= 15 is 0 Å². The summed E-state index contributed by atoms with van der Waals surface area (Å²) in [6, 6.07) is 7.56. The molecule has 6 heteroatoms. The number of nitrogens with one attached hydrogen (secondary N) is 1. The molecule has 2 heterocycles. The highest BCUT2D eigenvalue weighted by Gasteiger charge is 2.29. The van der Waals surface area contributed by atoms with Crippen molar-refractivity contribution in [3.8, 4) is 0 Å². The zero-order valence-corrected chi connectivity index (χ0v) is 12.0. The van der Waals surface area contributed by atoms with Crippen LogP contribution in [0.25, 0.3) is 0 Å². The number of anilines is 1. The number of fused-ring (bicyclic) bond motifs is 1. The molecule has 0 spiro atoms. The van der Waals surface area contributed by atoms with E-state index in [-0.39, 0.29) is 18.4 Å². The van der Waals surface area contributed by atoms with Crippen molar-refractivity contribution in [3.63, 3.8) is 0 Å². The predicted octanol–water partition coefficient (Wildman–Crippen LogP) is 2.12. The lowest BCUT2D eigenvalue weighted by atomic mass is 10.2. The average Bonchev–Trinajstić information content (AvgIpc) is 2.80. The number of aromatic nitrogens is 1. The molecule has 22 heavy (non-hydrogen) atoms. The van der Waals surface area contributed by atoms with Gasteiger partial charge in [0, 0.05) is 11.9 Å². The van der Waals surface area contributed by atoms with Crippen LogP contribution in [0.2, 0.25) is 0 Å². The van der Waals surface area contributed by atoms with Crippen molar-refractivity contribution >= 4 is 17.5 Å². The van der Waals surface area contributed by atoms with Gasteiger partial charge in [0.05, 0.1) is 17.8 Å². The minimum atomic E-state index is -0.422. The molecule has 1 aliphatic heterocycles. The van der Waals surface area contributed by atoms with Gasteiger partial charge in [0.15, 0.2) is 0 Å². The van der Waals surface area contributed by atoms with Crippen molar-refractivity contribution in [2.24, 2.45) is 0 Å². The second-order valence-corrected chi connectivity index (χ2v) is 5.17. The van der Waals surface area contributed by atoms with E-state index < -0.39 is 5.82 Å². The number of hydrogen-bond donors (Lipinski definition) is 1. The van der Waals surface area contributed by atoms with Crippen LogP contribution in [0, 0.1) is 12.7 Å². The van der Waals surface area contributed by atoms with Crippen molar-refractivity contribution in [1.82, 2.24) is 9.88 Å². The summed E-state index contributed by atoms with van der Waals surface area (Å²) in [5.41, 5.74) is 2.36. The number of benzene rings is 1. The standard InChI is InChI=1S/C16H14FN3O2/c1-10-4-5-11(17)7-13(10)19-15(21)9-20-8-14-12(16(20)22)3-2-6-18-14/h2-7H,8-9H2,1H3,(H,19,21). The van der Waals surface area contributed by atoms with Crippen molar-refractivity contribution < 1.29 is 14.0 Å². The monoisotopic (exact) mass is 299 g/mol. The van der Waals surface area contributed by atoms with Crippen LogP contribution in [0.15, 0.2) is 36.5 Å². The molecule has 112 valence electrons. The fraction of sp³-hybridized carbons (Fsp3) is 0.188. The number of halogens is 1. The summed E-state index contributed by atoms with van der Waals surface area (Å²) in [4.78, 5) is 29.8. The van der Waals surface area contributed by atoms with Crippen LogP contribution in [0.3, 0.4) is 0 Å². The Labute approximate surface area is 126 Å². The molecule has 3 rings (SSSR count). The Kier molecular flexibility index (Phi) is 3.58. The van der Waals surface area contributed by atoms with Gasteiger partial charge in [-0.1, -0.05) is 6.07 Å². The van der Waals surface area contributed by atoms with Crippen molar-refractivity contribution in [2.45, 2.75) is 13.5 Å². The number of pyridine rings is 1. The first kappa shape index (κ1) is 14.2. The lowest BCUT2D eigenvalue weighted by Gasteiger charge is -2.15. The summed E-state index contributed by atoms with van der Waals surface area (Å²) in [5.74, 6) is -1.00. The maximum absolute atomic E-state index is 13.2. The third-order valence-corrected chi connectivity index (χ3v) is 3.56. The Hall–Kier alpha value is -2.76. The molecular weight excluding hydrogens is 285 g/mol. The predicted molar refractivity (Wildman–Crippen MR) is 78.7 cm³/mol. The molecule has 0 fully saturated rings. The first-order valence-corrected chi connectivity index (χ1v) is 6.84. The van der Waals surface area contributed by atoms with Gasteiger partial charge in [0.2, 0.25) is 5.91 Å². The highest BCUT2D eigenvalue weighted by molar-refractivity contribution is 6.01. The third-order valence-electron chi connectivity index (χ3n) is 3.56. The molecule has 5 nitrogen and oxygen atoms in total. The summed E-state index contributed by atoms with van der Waals surface area (Å²) in [5, 5.41) is 2.63. The second kappa shape index (κ2) is 5.55. The van der Waals surface area contributed by atoms with Gasteiger partial charge in [-0.05, 0) is 36.8 Å². The average molecular weight is 299 g/mol.